The Bertz CT molecular complexity index is 515. The predicted octanol–water partition coefficient (Wildman–Crippen LogP) is 1.19. The molecular formula is C11H12N3OS+. The van der Waals surface area contributed by atoms with Crippen LogP contribution in [0.1, 0.15) is 4.88 Å². The lowest BCUT2D eigenvalue weighted by molar-refractivity contribution is -0.712. The van der Waals surface area contributed by atoms with Crippen LogP contribution in [0.25, 0.3) is 11.3 Å². The molecule has 4 nitrogen and oxygen atoms in total. The number of hydrogen-bond donors (Lipinski definition) is 0. The highest BCUT2D eigenvalue weighted by Crippen LogP contribution is 2.20. The van der Waals surface area contributed by atoms with E-state index in [1.807, 2.05) is 37.4 Å². The molecule has 0 aliphatic heterocycles. The third kappa shape index (κ3) is 2.09. The summed E-state index contributed by atoms with van der Waals surface area (Å²) >= 11 is 1.32. The van der Waals surface area contributed by atoms with E-state index in [4.69, 9.17) is 0 Å². The average Bonchev–Trinajstić information content (AvgIpc) is 2.60. The van der Waals surface area contributed by atoms with E-state index in [0.29, 0.717) is 0 Å². The van der Waals surface area contributed by atoms with Crippen LogP contribution in [0.5, 0.6) is 0 Å². The third-order valence-electron chi connectivity index (χ3n) is 2.16. The third-order valence-corrected chi connectivity index (χ3v) is 2.99. The first-order valence-electron chi connectivity index (χ1n) is 4.84. The molecule has 82 valence electrons. The second-order valence-corrected chi connectivity index (χ2v) is 4.24. The van der Waals surface area contributed by atoms with E-state index < -0.39 is 0 Å². The normalized spacial score (nSPS) is 11.8. The van der Waals surface area contributed by atoms with Crippen molar-refractivity contribution in [1.82, 2.24) is 4.49 Å². The number of aromatic nitrogens is 2. The first-order valence-corrected chi connectivity index (χ1v) is 5.62. The van der Waals surface area contributed by atoms with E-state index in [1.165, 1.54) is 18.6 Å². The molecule has 1 aromatic heterocycles. The fourth-order valence-electron chi connectivity index (χ4n) is 1.52. The van der Waals surface area contributed by atoms with Gasteiger partial charge in [0.15, 0.2) is 18.1 Å². The van der Waals surface area contributed by atoms with Gasteiger partial charge in [0, 0.05) is 11.5 Å². The average molecular weight is 234 g/mol. The Balaban J connectivity index is 2.56. The first-order chi connectivity index (χ1) is 7.68. The minimum absolute atomic E-state index is 0.792. The molecule has 0 unspecified atom stereocenters. The number of benzene rings is 1. The summed E-state index contributed by atoms with van der Waals surface area (Å²) in [5, 5.41) is 11.0. The Kier molecular flexibility index (Phi) is 2.96. The zero-order valence-electron chi connectivity index (χ0n) is 9.12. The second kappa shape index (κ2) is 4.40. The molecule has 2 aromatic rings. The van der Waals surface area contributed by atoms with E-state index in [2.05, 4.69) is 4.49 Å². The maximum atomic E-state index is 11.0. The summed E-state index contributed by atoms with van der Waals surface area (Å²) in [5.41, 5.74) is 2.03. The fraction of sp³-hybridized carbons (Fsp3) is 0.182. The molecule has 0 saturated heterocycles. The van der Waals surface area contributed by atoms with E-state index in [1.54, 1.807) is 10.9 Å². The van der Waals surface area contributed by atoms with E-state index in [0.717, 1.165) is 20.9 Å². The summed E-state index contributed by atoms with van der Waals surface area (Å²) in [7, 11) is 3.34. The standard InChI is InChI=1S/C11H12N3OS/c1-13(15)8-10-11(14(2)12-16-10)9-6-4-3-5-7-9/h3-8H,1-2H3/q+1/b13-8-. The number of hydrogen-bond acceptors (Lipinski definition) is 3. The molecule has 1 aromatic carbocycles. The Labute approximate surface area is 97.8 Å². The van der Waals surface area contributed by atoms with Crippen molar-refractivity contribution in [3.8, 4) is 11.3 Å². The molecule has 0 radical (unpaired) electrons. The molecule has 0 bridgehead atoms. The van der Waals surface area contributed by atoms with Gasteiger partial charge in [-0.25, -0.2) is 4.74 Å². The predicted molar refractivity (Wildman–Crippen MR) is 63.4 cm³/mol. The zero-order chi connectivity index (χ0) is 11.5. The summed E-state index contributed by atoms with van der Waals surface area (Å²) < 4.78 is 6.79. The SMILES string of the molecule is C/[N+]([O-])=C/c1sn[n+](C)c1-c1ccccc1. The van der Waals surface area contributed by atoms with Crippen molar-refractivity contribution in [2.75, 3.05) is 7.05 Å². The molecule has 0 fully saturated rings. The molecule has 0 aliphatic carbocycles. The van der Waals surface area contributed by atoms with Gasteiger partial charge < -0.3 is 5.21 Å². The maximum absolute atomic E-state index is 11.0. The number of rotatable bonds is 2. The maximum Gasteiger partial charge on any atom is 0.264 e. The van der Waals surface area contributed by atoms with Crippen LogP contribution in [-0.2, 0) is 7.05 Å². The van der Waals surface area contributed by atoms with Crippen molar-refractivity contribution in [1.29, 1.82) is 0 Å². The van der Waals surface area contributed by atoms with Gasteiger partial charge >= 0.3 is 0 Å². The fourth-order valence-corrected chi connectivity index (χ4v) is 2.35. The molecule has 0 saturated carbocycles. The van der Waals surface area contributed by atoms with Gasteiger partial charge in [-0.3, -0.25) is 0 Å². The van der Waals surface area contributed by atoms with Crippen LogP contribution < -0.4 is 4.68 Å². The molecule has 0 N–H and O–H groups in total. The van der Waals surface area contributed by atoms with Gasteiger partial charge in [-0.15, -0.1) is 0 Å². The zero-order valence-corrected chi connectivity index (χ0v) is 9.94. The van der Waals surface area contributed by atoms with Crippen LogP contribution in [0.2, 0.25) is 0 Å². The summed E-state index contributed by atoms with van der Waals surface area (Å²) in [6, 6.07) is 9.92. The lowest BCUT2D eigenvalue weighted by Crippen LogP contribution is -2.31. The largest absolute Gasteiger partial charge is 0.624 e. The van der Waals surface area contributed by atoms with Gasteiger partial charge in [-0.1, -0.05) is 22.9 Å². The lowest BCUT2D eigenvalue weighted by Gasteiger charge is -1.95. The number of nitrogens with zero attached hydrogens (tertiary/aromatic N) is 3. The van der Waals surface area contributed by atoms with Crippen LogP contribution in [0.3, 0.4) is 0 Å². The van der Waals surface area contributed by atoms with Gasteiger partial charge in [0.05, 0.1) is 10.1 Å². The van der Waals surface area contributed by atoms with Crippen LogP contribution in [-0.4, -0.2) is 22.5 Å². The Morgan fingerprint density at radius 2 is 2.06 bits per heavy atom. The summed E-state index contributed by atoms with van der Waals surface area (Å²) in [6.07, 6.45) is 1.54. The highest BCUT2D eigenvalue weighted by atomic mass is 32.1. The van der Waals surface area contributed by atoms with Crippen LogP contribution in [0.15, 0.2) is 30.3 Å². The van der Waals surface area contributed by atoms with E-state index in [9.17, 15) is 5.21 Å². The summed E-state index contributed by atoms with van der Waals surface area (Å²) in [6.45, 7) is 0. The Morgan fingerprint density at radius 1 is 1.38 bits per heavy atom. The van der Waals surface area contributed by atoms with Crippen molar-refractivity contribution in [2.24, 2.45) is 7.05 Å². The van der Waals surface area contributed by atoms with Gasteiger partial charge in [0.2, 0.25) is 0 Å². The Hall–Kier alpha value is -1.75. The topological polar surface area (TPSA) is 42.8 Å². The minimum Gasteiger partial charge on any atom is -0.624 e. The molecule has 1 heterocycles. The number of aryl methyl sites for hydroxylation is 1. The molecule has 0 atom stereocenters. The molecule has 0 amide bonds. The van der Waals surface area contributed by atoms with Crippen molar-refractivity contribution in [3.05, 3.63) is 40.4 Å². The van der Waals surface area contributed by atoms with Crippen LogP contribution in [0.4, 0.5) is 0 Å². The van der Waals surface area contributed by atoms with Crippen molar-refractivity contribution >= 4 is 17.7 Å². The van der Waals surface area contributed by atoms with Crippen molar-refractivity contribution in [3.63, 3.8) is 0 Å². The van der Waals surface area contributed by atoms with Gasteiger partial charge in [0.25, 0.3) is 5.69 Å². The van der Waals surface area contributed by atoms with Crippen LogP contribution >= 0.6 is 11.5 Å². The van der Waals surface area contributed by atoms with Crippen molar-refractivity contribution < 1.29 is 9.42 Å². The highest BCUT2D eigenvalue weighted by Gasteiger charge is 2.21. The lowest BCUT2D eigenvalue weighted by atomic mass is 10.1. The monoisotopic (exact) mass is 234 g/mol. The van der Waals surface area contributed by atoms with E-state index >= 15 is 0 Å². The molecule has 0 spiro atoms. The second-order valence-electron chi connectivity index (χ2n) is 3.45. The van der Waals surface area contributed by atoms with Crippen LogP contribution in [0, 0.1) is 5.21 Å². The molecule has 2 rings (SSSR count). The molecular weight excluding hydrogens is 222 g/mol. The summed E-state index contributed by atoms with van der Waals surface area (Å²) in [5.74, 6) is 0. The minimum atomic E-state index is 0.792. The number of hydroxylamine groups is 1. The van der Waals surface area contributed by atoms with Gasteiger partial charge in [-0.05, 0) is 12.1 Å². The molecule has 5 heteroatoms. The van der Waals surface area contributed by atoms with Crippen molar-refractivity contribution in [2.45, 2.75) is 0 Å². The Morgan fingerprint density at radius 3 is 2.69 bits per heavy atom. The first kappa shape index (κ1) is 10.8. The highest BCUT2D eigenvalue weighted by molar-refractivity contribution is 7.07. The molecule has 16 heavy (non-hydrogen) atoms. The van der Waals surface area contributed by atoms with E-state index in [-0.39, 0.29) is 0 Å². The van der Waals surface area contributed by atoms with Gasteiger partial charge in [0.1, 0.15) is 7.05 Å². The van der Waals surface area contributed by atoms with Gasteiger partial charge in [-0.2, -0.15) is 0 Å². The smallest absolute Gasteiger partial charge is 0.264 e. The summed E-state index contributed by atoms with van der Waals surface area (Å²) in [4.78, 5) is 0.867. The quantitative estimate of drug-likeness (QED) is 0.339. The molecule has 0 aliphatic rings.